The molecule has 0 unspecified atom stereocenters. The molecule has 2 N–H and O–H groups in total. The zero-order chi connectivity index (χ0) is 31.6. The summed E-state index contributed by atoms with van der Waals surface area (Å²) < 4.78 is 94.3. The summed E-state index contributed by atoms with van der Waals surface area (Å²) in [6, 6.07) is 15.8. The van der Waals surface area contributed by atoms with E-state index in [1.54, 1.807) is 30.3 Å². The smallest absolute Gasteiger partial charge is 0.412 e. The highest BCUT2D eigenvalue weighted by Gasteiger charge is 2.54. The van der Waals surface area contributed by atoms with Crippen molar-refractivity contribution in [3.05, 3.63) is 84.2 Å². The quantitative estimate of drug-likeness (QED) is 0.315. The molecule has 0 aromatic heterocycles. The van der Waals surface area contributed by atoms with E-state index in [1.807, 2.05) is 0 Å². The highest BCUT2D eigenvalue weighted by Crippen LogP contribution is 2.43. The Balaban J connectivity index is 1.66. The number of nitrogens with one attached hydrogen (secondary N) is 1. The molecular weight excluding hydrogens is 598 g/mol. The second kappa shape index (κ2) is 12.0. The average Bonchev–Trinajstić information content (AvgIpc) is 2.94. The van der Waals surface area contributed by atoms with E-state index in [-0.39, 0.29) is 34.4 Å². The molecule has 1 heterocycles. The summed E-state index contributed by atoms with van der Waals surface area (Å²) in [6.07, 6.45) is -8.72. The van der Waals surface area contributed by atoms with Crippen LogP contribution in [0, 0.1) is 5.82 Å². The number of nitrogens with zero attached hydrogens (tertiary/aromatic N) is 2. The lowest BCUT2D eigenvalue weighted by Crippen LogP contribution is -2.57. The standard InChI is InChI=1S/C28H27F4N3O7S/c1-27(2,28(30,31)32)35(26(37)38)20-10-13-24-23(14-20)34(43(39,40)22-11-8-19(29)9-12-22)16-21(42-24)15-33-25(36)41-17-18-6-4-3-5-7-18/h3-14,21H,15-17H2,1-2H3,(H,33,36)(H,37,38)/t21-/m0/s1. The van der Waals surface area contributed by atoms with Gasteiger partial charge in [0, 0.05) is 0 Å². The summed E-state index contributed by atoms with van der Waals surface area (Å²) in [5, 5.41) is 12.2. The third-order valence-corrected chi connectivity index (χ3v) is 8.46. The molecule has 0 spiro atoms. The SMILES string of the molecule is CC(C)(N(C(=O)O)c1ccc2c(c1)N(S(=O)(=O)c1ccc(F)cc1)C[C@H](CNC(=O)OCc1ccccc1)O2)C(F)(F)F. The van der Waals surface area contributed by atoms with E-state index in [2.05, 4.69) is 5.32 Å². The number of amides is 2. The molecule has 0 saturated carbocycles. The summed E-state index contributed by atoms with van der Waals surface area (Å²) in [4.78, 5) is 24.0. The van der Waals surface area contributed by atoms with Gasteiger partial charge in [0.25, 0.3) is 10.0 Å². The first-order chi connectivity index (χ1) is 20.1. The molecule has 15 heteroatoms. The Morgan fingerprint density at radius 1 is 1.07 bits per heavy atom. The number of sulfonamides is 1. The van der Waals surface area contributed by atoms with Crippen molar-refractivity contribution in [3.63, 3.8) is 0 Å². The van der Waals surface area contributed by atoms with Gasteiger partial charge in [0.1, 0.15) is 29.8 Å². The topological polar surface area (TPSA) is 125 Å². The van der Waals surface area contributed by atoms with Crippen LogP contribution in [-0.2, 0) is 21.4 Å². The van der Waals surface area contributed by atoms with Crippen molar-refractivity contribution < 1.29 is 50.1 Å². The number of halogens is 4. The lowest BCUT2D eigenvalue weighted by molar-refractivity contribution is -0.175. The minimum Gasteiger partial charge on any atom is -0.484 e. The highest BCUT2D eigenvalue weighted by molar-refractivity contribution is 7.92. The first-order valence-corrected chi connectivity index (χ1v) is 14.2. The van der Waals surface area contributed by atoms with Crippen molar-refractivity contribution in [2.75, 3.05) is 22.3 Å². The van der Waals surface area contributed by atoms with Crippen LogP contribution in [0.2, 0.25) is 0 Å². The summed E-state index contributed by atoms with van der Waals surface area (Å²) in [7, 11) is -4.48. The minimum atomic E-state index is -4.98. The van der Waals surface area contributed by atoms with Crippen LogP contribution >= 0.6 is 0 Å². The average molecular weight is 626 g/mol. The van der Waals surface area contributed by atoms with Gasteiger partial charge < -0.3 is 19.9 Å². The molecule has 0 aliphatic carbocycles. The van der Waals surface area contributed by atoms with Gasteiger partial charge in [-0.1, -0.05) is 30.3 Å². The number of alkyl halides is 3. The Labute approximate surface area is 244 Å². The molecular formula is C28H27F4N3O7S. The van der Waals surface area contributed by atoms with Crippen molar-refractivity contribution >= 4 is 33.6 Å². The largest absolute Gasteiger partial charge is 0.484 e. The lowest BCUT2D eigenvalue weighted by atomic mass is 10.0. The van der Waals surface area contributed by atoms with Gasteiger partial charge in [-0.25, -0.2) is 22.4 Å². The van der Waals surface area contributed by atoms with E-state index in [9.17, 15) is 40.7 Å². The fraction of sp³-hybridized carbons (Fsp3) is 0.286. The number of rotatable bonds is 8. The zero-order valence-corrected chi connectivity index (χ0v) is 23.7. The van der Waals surface area contributed by atoms with Gasteiger partial charge in [0.15, 0.2) is 0 Å². The highest BCUT2D eigenvalue weighted by atomic mass is 32.2. The van der Waals surface area contributed by atoms with E-state index in [4.69, 9.17) is 9.47 Å². The van der Waals surface area contributed by atoms with Crippen molar-refractivity contribution in [3.8, 4) is 5.75 Å². The van der Waals surface area contributed by atoms with Crippen LogP contribution in [0.3, 0.4) is 0 Å². The number of carbonyl (C=O) groups is 2. The summed E-state index contributed by atoms with van der Waals surface area (Å²) in [5.41, 5.74) is -2.89. The Bertz CT molecular complexity index is 1580. The summed E-state index contributed by atoms with van der Waals surface area (Å²) >= 11 is 0. The first kappa shape index (κ1) is 31.4. The Morgan fingerprint density at radius 3 is 2.33 bits per heavy atom. The number of ether oxygens (including phenoxy) is 2. The molecule has 1 aliphatic heterocycles. The fourth-order valence-corrected chi connectivity index (χ4v) is 5.78. The number of anilines is 2. The van der Waals surface area contributed by atoms with Crippen LogP contribution in [0.5, 0.6) is 5.75 Å². The molecule has 2 amide bonds. The predicted molar refractivity (Wildman–Crippen MR) is 147 cm³/mol. The van der Waals surface area contributed by atoms with Gasteiger partial charge >= 0.3 is 18.4 Å². The number of carboxylic acid groups (broad SMARTS) is 1. The molecule has 1 atom stereocenters. The Hall–Kier alpha value is -4.53. The van der Waals surface area contributed by atoms with Crippen molar-refractivity contribution in [2.24, 2.45) is 0 Å². The first-order valence-electron chi connectivity index (χ1n) is 12.7. The Morgan fingerprint density at radius 2 is 1.72 bits per heavy atom. The predicted octanol–water partition coefficient (Wildman–Crippen LogP) is 5.53. The molecule has 0 radical (unpaired) electrons. The van der Waals surface area contributed by atoms with Crippen molar-refractivity contribution in [1.29, 1.82) is 0 Å². The maximum atomic E-state index is 13.8. The van der Waals surface area contributed by atoms with Crippen LogP contribution < -0.4 is 19.3 Å². The van der Waals surface area contributed by atoms with Crippen LogP contribution in [0.15, 0.2) is 77.7 Å². The lowest BCUT2D eigenvalue weighted by Gasteiger charge is -2.39. The van der Waals surface area contributed by atoms with Crippen molar-refractivity contribution in [1.82, 2.24) is 5.32 Å². The molecule has 0 fully saturated rings. The summed E-state index contributed by atoms with van der Waals surface area (Å²) in [6.45, 7) is 0.645. The molecule has 1 aliphatic rings. The molecule has 4 rings (SSSR count). The maximum Gasteiger partial charge on any atom is 0.412 e. The number of benzene rings is 3. The number of hydrogen-bond acceptors (Lipinski definition) is 6. The van der Waals surface area contributed by atoms with E-state index in [0.29, 0.717) is 13.8 Å². The van der Waals surface area contributed by atoms with Gasteiger partial charge in [-0.2, -0.15) is 13.2 Å². The maximum absolute atomic E-state index is 13.8. The number of fused-ring (bicyclic) bond motifs is 1. The molecule has 43 heavy (non-hydrogen) atoms. The molecule has 3 aromatic carbocycles. The van der Waals surface area contributed by atoms with Crippen LogP contribution in [0.25, 0.3) is 0 Å². The minimum absolute atomic E-state index is 0.0246. The van der Waals surface area contributed by atoms with E-state index in [1.165, 1.54) is 0 Å². The number of hydrogen-bond donors (Lipinski definition) is 2. The number of alkyl carbamates (subject to hydrolysis) is 1. The summed E-state index contributed by atoms with van der Waals surface area (Å²) in [5.74, 6) is -0.813. The fourth-order valence-electron chi connectivity index (χ4n) is 4.28. The van der Waals surface area contributed by atoms with Gasteiger partial charge in [-0.05, 0) is 61.9 Å². The van der Waals surface area contributed by atoms with Gasteiger partial charge in [-0.15, -0.1) is 0 Å². The van der Waals surface area contributed by atoms with E-state index < -0.39 is 58.1 Å². The van der Waals surface area contributed by atoms with Gasteiger partial charge in [0.05, 0.1) is 29.4 Å². The molecule has 230 valence electrons. The van der Waals surface area contributed by atoms with Crippen LogP contribution in [0.1, 0.15) is 19.4 Å². The second-order valence-electron chi connectivity index (χ2n) is 10.00. The molecule has 0 saturated heterocycles. The van der Waals surface area contributed by atoms with Crippen molar-refractivity contribution in [2.45, 2.75) is 43.2 Å². The molecule has 0 bridgehead atoms. The second-order valence-corrected chi connectivity index (χ2v) is 11.9. The van der Waals surface area contributed by atoms with Gasteiger partial charge in [-0.3, -0.25) is 9.21 Å². The molecule has 10 nitrogen and oxygen atoms in total. The molecule has 3 aromatic rings. The zero-order valence-electron chi connectivity index (χ0n) is 22.8. The van der Waals surface area contributed by atoms with E-state index >= 15 is 0 Å². The number of carbonyl (C=O) groups excluding carboxylic acids is 1. The monoisotopic (exact) mass is 625 g/mol. The van der Waals surface area contributed by atoms with Gasteiger partial charge in [0.2, 0.25) is 0 Å². The normalized spacial score (nSPS) is 15.2. The Kier molecular flexibility index (Phi) is 8.76. The third kappa shape index (κ3) is 6.77. The van der Waals surface area contributed by atoms with E-state index in [0.717, 1.165) is 52.3 Å². The van der Waals surface area contributed by atoms with Crippen LogP contribution in [-0.4, -0.2) is 56.6 Å². The third-order valence-electron chi connectivity index (χ3n) is 6.66. The van der Waals surface area contributed by atoms with Crippen LogP contribution in [0.4, 0.5) is 38.5 Å².